The fourth-order valence-electron chi connectivity index (χ4n) is 4.23. The van der Waals surface area contributed by atoms with Gasteiger partial charge in [0.15, 0.2) is 0 Å². The molecule has 5 rings (SSSR count). The SMILES string of the molecule is C=C(/C=C(/N1CCOCC1)n1nc(-c2ccc(C)cc2)cc1C)n1ncc2c1COCC2. The van der Waals surface area contributed by atoms with Crippen molar-refractivity contribution in [3.8, 4) is 11.3 Å². The topological polar surface area (TPSA) is 57.3 Å². The maximum atomic E-state index is 5.66. The lowest BCUT2D eigenvalue weighted by Crippen LogP contribution is -2.37. The lowest BCUT2D eigenvalue weighted by Gasteiger charge is -2.31. The van der Waals surface area contributed by atoms with Crippen molar-refractivity contribution in [2.24, 2.45) is 0 Å². The van der Waals surface area contributed by atoms with Gasteiger partial charge in [0.1, 0.15) is 5.82 Å². The third-order valence-electron chi connectivity index (χ3n) is 6.06. The summed E-state index contributed by atoms with van der Waals surface area (Å²) in [4.78, 5) is 2.31. The van der Waals surface area contributed by atoms with E-state index < -0.39 is 0 Å². The first-order valence-electron chi connectivity index (χ1n) is 11.1. The molecular formula is C25H29N5O2. The molecule has 0 atom stereocenters. The highest BCUT2D eigenvalue weighted by atomic mass is 16.5. The van der Waals surface area contributed by atoms with Crippen LogP contribution >= 0.6 is 0 Å². The maximum absolute atomic E-state index is 5.66. The summed E-state index contributed by atoms with van der Waals surface area (Å²) in [7, 11) is 0. The van der Waals surface area contributed by atoms with Gasteiger partial charge in [-0.3, -0.25) is 0 Å². The molecule has 3 aromatic rings. The predicted molar refractivity (Wildman–Crippen MR) is 125 cm³/mol. The second-order valence-corrected chi connectivity index (χ2v) is 8.37. The zero-order valence-corrected chi connectivity index (χ0v) is 18.8. The zero-order valence-electron chi connectivity index (χ0n) is 18.8. The van der Waals surface area contributed by atoms with Crippen molar-refractivity contribution >= 4 is 11.5 Å². The van der Waals surface area contributed by atoms with Gasteiger partial charge in [-0.25, -0.2) is 9.36 Å². The largest absolute Gasteiger partial charge is 0.378 e. The van der Waals surface area contributed by atoms with Gasteiger partial charge in [0.2, 0.25) is 0 Å². The molecule has 0 saturated carbocycles. The van der Waals surface area contributed by atoms with Gasteiger partial charge in [-0.1, -0.05) is 36.4 Å². The Morgan fingerprint density at radius 2 is 1.81 bits per heavy atom. The van der Waals surface area contributed by atoms with E-state index in [0.717, 1.165) is 60.3 Å². The highest BCUT2D eigenvalue weighted by molar-refractivity contribution is 5.67. The van der Waals surface area contributed by atoms with Gasteiger partial charge in [0, 0.05) is 30.4 Å². The van der Waals surface area contributed by atoms with E-state index in [4.69, 9.17) is 14.6 Å². The lowest BCUT2D eigenvalue weighted by molar-refractivity contribution is 0.0611. The minimum atomic E-state index is 0.563. The third kappa shape index (κ3) is 4.01. The van der Waals surface area contributed by atoms with Gasteiger partial charge >= 0.3 is 0 Å². The average molecular weight is 432 g/mol. The number of hydrogen-bond acceptors (Lipinski definition) is 5. The van der Waals surface area contributed by atoms with Gasteiger partial charge in [-0.05, 0) is 31.9 Å². The Bertz CT molecular complexity index is 1150. The van der Waals surface area contributed by atoms with E-state index in [9.17, 15) is 0 Å². The summed E-state index contributed by atoms with van der Waals surface area (Å²) in [6.45, 7) is 12.8. The van der Waals surface area contributed by atoms with Crippen LogP contribution < -0.4 is 0 Å². The number of nitrogens with zero attached hydrogens (tertiary/aromatic N) is 5. The first-order valence-corrected chi connectivity index (χ1v) is 11.1. The monoisotopic (exact) mass is 431 g/mol. The van der Waals surface area contributed by atoms with Gasteiger partial charge in [-0.15, -0.1) is 0 Å². The maximum Gasteiger partial charge on any atom is 0.132 e. The molecule has 4 heterocycles. The molecule has 0 aliphatic carbocycles. The number of allylic oxidation sites excluding steroid dienone is 2. The Balaban J connectivity index is 1.54. The Kier molecular flexibility index (Phi) is 5.68. The number of hydrogen-bond donors (Lipinski definition) is 0. The molecule has 0 amide bonds. The molecule has 0 N–H and O–H groups in total. The molecule has 2 aliphatic heterocycles. The molecule has 0 radical (unpaired) electrons. The van der Waals surface area contributed by atoms with Crippen LogP contribution in [0.5, 0.6) is 0 Å². The summed E-state index contributed by atoms with van der Waals surface area (Å²) in [5, 5.41) is 9.57. The van der Waals surface area contributed by atoms with E-state index in [-0.39, 0.29) is 0 Å². The molecule has 0 unspecified atom stereocenters. The van der Waals surface area contributed by atoms with Crippen LogP contribution in [0.1, 0.15) is 22.5 Å². The summed E-state index contributed by atoms with van der Waals surface area (Å²) in [6, 6.07) is 10.6. The minimum Gasteiger partial charge on any atom is -0.378 e. The number of fused-ring (bicyclic) bond motifs is 1. The van der Waals surface area contributed by atoms with Gasteiger partial charge in [0.25, 0.3) is 0 Å². The van der Waals surface area contributed by atoms with E-state index in [1.54, 1.807) is 0 Å². The van der Waals surface area contributed by atoms with E-state index in [0.29, 0.717) is 19.8 Å². The number of ether oxygens (including phenoxy) is 2. The highest BCUT2D eigenvalue weighted by Gasteiger charge is 2.21. The average Bonchev–Trinajstić information content (AvgIpc) is 3.42. The Morgan fingerprint density at radius 1 is 1.03 bits per heavy atom. The number of rotatable bonds is 5. The molecule has 1 saturated heterocycles. The molecule has 0 spiro atoms. The van der Waals surface area contributed by atoms with Crippen molar-refractivity contribution in [2.75, 3.05) is 32.9 Å². The van der Waals surface area contributed by atoms with Gasteiger partial charge in [0.05, 0.1) is 49.7 Å². The van der Waals surface area contributed by atoms with Crippen molar-refractivity contribution in [1.82, 2.24) is 24.5 Å². The molecule has 2 aliphatic rings. The first-order chi connectivity index (χ1) is 15.6. The molecule has 7 nitrogen and oxygen atoms in total. The van der Waals surface area contributed by atoms with Crippen molar-refractivity contribution < 1.29 is 9.47 Å². The smallest absolute Gasteiger partial charge is 0.132 e. The quantitative estimate of drug-likeness (QED) is 0.576. The third-order valence-corrected chi connectivity index (χ3v) is 6.06. The van der Waals surface area contributed by atoms with Crippen LogP contribution in [0.2, 0.25) is 0 Å². The fraction of sp³-hybridized carbons (Fsp3) is 0.360. The summed E-state index contributed by atoms with van der Waals surface area (Å²) in [5.74, 6) is 0.982. The number of aryl methyl sites for hydroxylation is 2. The van der Waals surface area contributed by atoms with Crippen LogP contribution in [0.3, 0.4) is 0 Å². The second kappa shape index (κ2) is 8.76. The lowest BCUT2D eigenvalue weighted by atomic mass is 10.1. The predicted octanol–water partition coefficient (Wildman–Crippen LogP) is 3.74. The van der Waals surface area contributed by atoms with Crippen LogP contribution in [-0.2, 0) is 22.5 Å². The summed E-state index contributed by atoms with van der Waals surface area (Å²) in [5.41, 5.74) is 7.48. The molecule has 0 bridgehead atoms. The normalized spacial score (nSPS) is 16.8. The molecule has 7 heteroatoms. The minimum absolute atomic E-state index is 0.563. The van der Waals surface area contributed by atoms with Crippen LogP contribution in [0.25, 0.3) is 22.8 Å². The number of aromatic nitrogens is 4. The molecule has 166 valence electrons. The van der Waals surface area contributed by atoms with Gasteiger partial charge in [-0.2, -0.15) is 10.2 Å². The van der Waals surface area contributed by atoms with E-state index in [1.165, 1.54) is 11.1 Å². The van der Waals surface area contributed by atoms with Crippen LogP contribution in [-0.4, -0.2) is 57.4 Å². The van der Waals surface area contributed by atoms with Crippen molar-refractivity contribution in [2.45, 2.75) is 26.9 Å². The summed E-state index contributed by atoms with van der Waals surface area (Å²) < 4.78 is 15.2. The molecule has 2 aromatic heterocycles. The van der Waals surface area contributed by atoms with Crippen LogP contribution in [0.15, 0.2) is 49.2 Å². The van der Waals surface area contributed by atoms with Crippen molar-refractivity contribution in [1.29, 1.82) is 0 Å². The summed E-state index contributed by atoms with van der Waals surface area (Å²) in [6.07, 6.45) is 4.90. The van der Waals surface area contributed by atoms with E-state index >= 15 is 0 Å². The Labute approximate surface area is 188 Å². The molecule has 32 heavy (non-hydrogen) atoms. The standard InChI is InChI=1S/C25H29N5O2/c1-18-4-6-21(7-5-18)23-14-19(2)30(27-23)25(28-9-12-31-13-10-28)15-20(3)29-24-17-32-11-8-22(24)16-26-29/h4-7,14-16H,3,8-13,17H2,1-2H3/b25-15-. The van der Waals surface area contributed by atoms with E-state index in [2.05, 4.69) is 66.8 Å². The van der Waals surface area contributed by atoms with E-state index in [1.807, 2.05) is 15.6 Å². The first kappa shape index (κ1) is 20.7. The van der Waals surface area contributed by atoms with Crippen LogP contribution in [0.4, 0.5) is 0 Å². The number of benzene rings is 1. The van der Waals surface area contributed by atoms with Crippen molar-refractivity contribution in [3.05, 3.63) is 71.7 Å². The molecular weight excluding hydrogens is 402 g/mol. The fourth-order valence-corrected chi connectivity index (χ4v) is 4.23. The van der Waals surface area contributed by atoms with Gasteiger partial charge < -0.3 is 14.4 Å². The summed E-state index contributed by atoms with van der Waals surface area (Å²) >= 11 is 0. The molecule has 1 aromatic carbocycles. The highest BCUT2D eigenvalue weighted by Crippen LogP contribution is 2.26. The van der Waals surface area contributed by atoms with Crippen molar-refractivity contribution in [3.63, 3.8) is 0 Å². The zero-order chi connectivity index (χ0) is 22.1. The second-order valence-electron chi connectivity index (χ2n) is 8.37. The number of morpholine rings is 1. The Morgan fingerprint density at radius 3 is 2.59 bits per heavy atom. The van der Waals surface area contributed by atoms with Crippen LogP contribution in [0, 0.1) is 13.8 Å². The Hall–Kier alpha value is -3.16. The molecule has 1 fully saturated rings.